The van der Waals surface area contributed by atoms with E-state index in [-0.39, 0.29) is 0 Å². The summed E-state index contributed by atoms with van der Waals surface area (Å²) in [6.45, 7) is 5.44. The van der Waals surface area contributed by atoms with Crippen LogP contribution in [0.3, 0.4) is 0 Å². The molecule has 1 aliphatic rings. The standard InChI is InChI=1S/C13H18O2/c1-3-14-13(15-4-2)9-11-7-5-6-8-12(11)10-13/h5-8H,3-4,9-10H2,1-2H3. The van der Waals surface area contributed by atoms with Gasteiger partial charge in [-0.2, -0.15) is 0 Å². The first-order valence-electron chi connectivity index (χ1n) is 5.64. The van der Waals surface area contributed by atoms with Crippen LogP contribution in [0.5, 0.6) is 0 Å². The number of rotatable bonds is 4. The largest absolute Gasteiger partial charge is 0.350 e. The van der Waals surface area contributed by atoms with E-state index < -0.39 is 5.79 Å². The van der Waals surface area contributed by atoms with Crippen molar-refractivity contribution in [3.8, 4) is 0 Å². The summed E-state index contributed by atoms with van der Waals surface area (Å²) in [4.78, 5) is 0. The lowest BCUT2D eigenvalue weighted by atomic mass is 10.1. The zero-order chi connectivity index (χ0) is 10.7. The molecule has 2 nitrogen and oxygen atoms in total. The molecule has 0 unspecified atom stereocenters. The van der Waals surface area contributed by atoms with Gasteiger partial charge in [-0.15, -0.1) is 0 Å². The van der Waals surface area contributed by atoms with Crippen LogP contribution in [0.2, 0.25) is 0 Å². The van der Waals surface area contributed by atoms with Crippen molar-refractivity contribution in [3.05, 3.63) is 35.4 Å². The normalized spacial score (nSPS) is 17.7. The molecule has 1 aromatic carbocycles. The molecule has 0 heterocycles. The average Bonchev–Trinajstić information content (AvgIpc) is 2.56. The Morgan fingerprint density at radius 3 is 1.87 bits per heavy atom. The van der Waals surface area contributed by atoms with E-state index in [1.165, 1.54) is 11.1 Å². The van der Waals surface area contributed by atoms with Crippen LogP contribution in [-0.2, 0) is 22.3 Å². The molecule has 0 N–H and O–H groups in total. The van der Waals surface area contributed by atoms with Gasteiger partial charge >= 0.3 is 0 Å². The van der Waals surface area contributed by atoms with Crippen molar-refractivity contribution in [1.29, 1.82) is 0 Å². The molecule has 2 heteroatoms. The van der Waals surface area contributed by atoms with Gasteiger partial charge in [0.15, 0.2) is 5.79 Å². The second-order valence-electron chi connectivity index (χ2n) is 3.90. The molecule has 0 aliphatic heterocycles. The molecule has 1 aliphatic carbocycles. The molecule has 0 amide bonds. The van der Waals surface area contributed by atoms with Gasteiger partial charge in [0.1, 0.15) is 0 Å². The third-order valence-corrected chi connectivity index (χ3v) is 2.85. The summed E-state index contributed by atoms with van der Waals surface area (Å²) in [6, 6.07) is 8.48. The van der Waals surface area contributed by atoms with Gasteiger partial charge in [0.2, 0.25) is 0 Å². The van der Waals surface area contributed by atoms with E-state index in [4.69, 9.17) is 9.47 Å². The van der Waals surface area contributed by atoms with Crippen molar-refractivity contribution in [2.45, 2.75) is 32.5 Å². The summed E-state index contributed by atoms with van der Waals surface area (Å²) in [6.07, 6.45) is 1.76. The summed E-state index contributed by atoms with van der Waals surface area (Å²) in [5.41, 5.74) is 2.72. The van der Waals surface area contributed by atoms with Gasteiger partial charge in [-0.3, -0.25) is 0 Å². The van der Waals surface area contributed by atoms with Crippen molar-refractivity contribution >= 4 is 0 Å². The fraction of sp³-hybridized carbons (Fsp3) is 0.538. The summed E-state index contributed by atoms with van der Waals surface area (Å²) in [5, 5.41) is 0. The summed E-state index contributed by atoms with van der Waals surface area (Å²) in [7, 11) is 0. The first kappa shape index (κ1) is 10.7. The Morgan fingerprint density at radius 1 is 1.00 bits per heavy atom. The molecule has 0 atom stereocenters. The van der Waals surface area contributed by atoms with Crippen molar-refractivity contribution in [2.24, 2.45) is 0 Å². The van der Waals surface area contributed by atoms with E-state index in [2.05, 4.69) is 24.3 Å². The first-order chi connectivity index (χ1) is 7.29. The minimum atomic E-state index is -0.396. The Bertz CT molecular complexity index is 300. The van der Waals surface area contributed by atoms with Gasteiger partial charge in [-0.25, -0.2) is 0 Å². The number of hydrogen-bond donors (Lipinski definition) is 0. The molecule has 0 bridgehead atoms. The maximum absolute atomic E-state index is 5.79. The zero-order valence-electron chi connectivity index (χ0n) is 9.45. The minimum Gasteiger partial charge on any atom is -0.350 e. The highest BCUT2D eigenvalue weighted by molar-refractivity contribution is 5.34. The Labute approximate surface area is 91.2 Å². The van der Waals surface area contributed by atoms with Crippen LogP contribution < -0.4 is 0 Å². The third-order valence-electron chi connectivity index (χ3n) is 2.85. The number of hydrogen-bond acceptors (Lipinski definition) is 2. The molecule has 0 saturated heterocycles. The maximum Gasteiger partial charge on any atom is 0.176 e. The van der Waals surface area contributed by atoms with Crippen LogP contribution in [0, 0.1) is 0 Å². The maximum atomic E-state index is 5.79. The number of ether oxygens (including phenoxy) is 2. The van der Waals surface area contributed by atoms with Crippen molar-refractivity contribution in [1.82, 2.24) is 0 Å². The third kappa shape index (κ3) is 2.06. The summed E-state index contributed by atoms with van der Waals surface area (Å²) in [5.74, 6) is -0.396. The highest BCUT2D eigenvalue weighted by Crippen LogP contribution is 2.33. The van der Waals surface area contributed by atoms with Gasteiger partial charge in [0.05, 0.1) is 0 Å². The van der Waals surface area contributed by atoms with Gasteiger partial charge in [-0.1, -0.05) is 24.3 Å². The quantitative estimate of drug-likeness (QED) is 0.705. The predicted octanol–water partition coefficient (Wildman–Crippen LogP) is 2.55. The van der Waals surface area contributed by atoms with E-state index in [1.54, 1.807) is 0 Å². The molecular weight excluding hydrogens is 188 g/mol. The first-order valence-corrected chi connectivity index (χ1v) is 5.64. The molecule has 1 aromatic rings. The minimum absolute atomic E-state index is 0.396. The Morgan fingerprint density at radius 2 is 1.47 bits per heavy atom. The molecular formula is C13H18O2. The second kappa shape index (κ2) is 4.33. The highest BCUT2D eigenvalue weighted by Gasteiger charge is 2.38. The molecule has 15 heavy (non-hydrogen) atoms. The molecule has 0 fully saturated rings. The molecule has 82 valence electrons. The smallest absolute Gasteiger partial charge is 0.176 e. The van der Waals surface area contributed by atoms with Crippen LogP contribution in [0.15, 0.2) is 24.3 Å². The van der Waals surface area contributed by atoms with E-state index in [0.29, 0.717) is 13.2 Å². The summed E-state index contributed by atoms with van der Waals surface area (Å²) >= 11 is 0. The van der Waals surface area contributed by atoms with E-state index in [0.717, 1.165) is 12.8 Å². The van der Waals surface area contributed by atoms with Crippen molar-refractivity contribution < 1.29 is 9.47 Å². The molecule has 2 rings (SSSR count). The van der Waals surface area contributed by atoms with Crippen LogP contribution in [0.4, 0.5) is 0 Å². The summed E-state index contributed by atoms with van der Waals surface area (Å²) < 4.78 is 11.6. The monoisotopic (exact) mass is 206 g/mol. The van der Waals surface area contributed by atoms with Gasteiger partial charge in [0.25, 0.3) is 0 Å². The zero-order valence-corrected chi connectivity index (χ0v) is 9.45. The van der Waals surface area contributed by atoms with Gasteiger partial charge < -0.3 is 9.47 Å². The van der Waals surface area contributed by atoms with E-state index in [9.17, 15) is 0 Å². The second-order valence-corrected chi connectivity index (χ2v) is 3.90. The topological polar surface area (TPSA) is 18.5 Å². The number of benzene rings is 1. The molecule has 0 aromatic heterocycles. The van der Waals surface area contributed by atoms with Crippen LogP contribution in [0.25, 0.3) is 0 Å². The van der Waals surface area contributed by atoms with Crippen LogP contribution >= 0.6 is 0 Å². The van der Waals surface area contributed by atoms with Crippen molar-refractivity contribution in [2.75, 3.05) is 13.2 Å². The van der Waals surface area contributed by atoms with Crippen molar-refractivity contribution in [3.63, 3.8) is 0 Å². The molecule has 0 saturated carbocycles. The van der Waals surface area contributed by atoms with Crippen LogP contribution in [-0.4, -0.2) is 19.0 Å². The van der Waals surface area contributed by atoms with Gasteiger partial charge in [-0.05, 0) is 25.0 Å². The van der Waals surface area contributed by atoms with Crippen LogP contribution in [0.1, 0.15) is 25.0 Å². The Balaban J connectivity index is 2.19. The lowest BCUT2D eigenvalue weighted by molar-refractivity contribution is -0.225. The van der Waals surface area contributed by atoms with Gasteiger partial charge in [0, 0.05) is 26.1 Å². The average molecular weight is 206 g/mol. The predicted molar refractivity (Wildman–Crippen MR) is 59.8 cm³/mol. The lowest BCUT2D eigenvalue weighted by Gasteiger charge is -2.28. The lowest BCUT2D eigenvalue weighted by Crippen LogP contribution is -2.37. The molecule has 0 spiro atoms. The Hall–Kier alpha value is -0.860. The highest BCUT2D eigenvalue weighted by atomic mass is 16.7. The fourth-order valence-electron chi connectivity index (χ4n) is 2.32. The number of fused-ring (bicyclic) bond motifs is 1. The molecule has 0 radical (unpaired) electrons. The fourth-order valence-corrected chi connectivity index (χ4v) is 2.32. The Kier molecular flexibility index (Phi) is 3.08. The van der Waals surface area contributed by atoms with E-state index in [1.807, 2.05) is 13.8 Å². The van der Waals surface area contributed by atoms with E-state index >= 15 is 0 Å². The SMILES string of the molecule is CCOC1(OCC)Cc2ccccc2C1.